The van der Waals surface area contributed by atoms with E-state index in [0.29, 0.717) is 29.5 Å². The van der Waals surface area contributed by atoms with Gasteiger partial charge < -0.3 is 15.6 Å². The summed E-state index contributed by atoms with van der Waals surface area (Å²) in [4.78, 5) is 50.1. The van der Waals surface area contributed by atoms with Gasteiger partial charge in [0.25, 0.3) is 11.5 Å². The Labute approximate surface area is 233 Å². The standard InChI is InChI=1S/C29H29FN8O3/c1-36-15-22(31)23(35-36)28(40)37(2)19-11-9-17(10-12-19)20(13-18-5-3-4-6-21(18)30)25-32-24-26(33-25)38(14-16-7-8-16)29(41)34-27(24)39/h3-6,9-12,15-16,20H,7-8,13-14,31H2,1-2H3,(H,32,33)(H,34,39,41). The number of aromatic nitrogens is 6. The van der Waals surface area contributed by atoms with E-state index in [1.165, 1.54) is 20.2 Å². The summed E-state index contributed by atoms with van der Waals surface area (Å²) >= 11 is 0. The fourth-order valence-electron chi connectivity index (χ4n) is 5.09. The zero-order valence-corrected chi connectivity index (χ0v) is 22.6. The first-order valence-electron chi connectivity index (χ1n) is 13.3. The number of carbonyl (C=O) groups is 1. The van der Waals surface area contributed by atoms with E-state index in [0.717, 1.165) is 18.4 Å². The average molecular weight is 557 g/mol. The molecule has 3 heterocycles. The molecule has 3 aromatic heterocycles. The summed E-state index contributed by atoms with van der Waals surface area (Å²) in [5.74, 6) is -0.382. The number of halogens is 1. The van der Waals surface area contributed by atoms with E-state index in [1.54, 1.807) is 50.6 Å². The fourth-order valence-corrected chi connectivity index (χ4v) is 5.09. The molecule has 0 aliphatic heterocycles. The lowest BCUT2D eigenvalue weighted by Crippen LogP contribution is -2.30. The summed E-state index contributed by atoms with van der Waals surface area (Å²) in [6, 6.07) is 13.7. The molecule has 0 saturated heterocycles. The molecular formula is C29H29FN8O3. The van der Waals surface area contributed by atoms with Crippen molar-refractivity contribution in [2.45, 2.75) is 31.7 Å². The lowest BCUT2D eigenvalue weighted by atomic mass is 9.91. The van der Waals surface area contributed by atoms with Gasteiger partial charge in [-0.3, -0.25) is 23.8 Å². The maximum atomic E-state index is 14.8. The molecule has 1 unspecified atom stereocenters. The number of H-pyrrole nitrogens is 2. The van der Waals surface area contributed by atoms with Crippen LogP contribution in [0.4, 0.5) is 15.8 Å². The molecule has 4 N–H and O–H groups in total. The van der Waals surface area contributed by atoms with Gasteiger partial charge in [-0.15, -0.1) is 0 Å². The molecular weight excluding hydrogens is 527 g/mol. The Bertz CT molecular complexity index is 1880. The second-order valence-corrected chi connectivity index (χ2v) is 10.5. The van der Waals surface area contributed by atoms with Gasteiger partial charge >= 0.3 is 5.69 Å². The van der Waals surface area contributed by atoms with Crippen molar-refractivity contribution in [3.63, 3.8) is 0 Å². The van der Waals surface area contributed by atoms with Crippen LogP contribution in [0.1, 0.15) is 46.2 Å². The minimum Gasteiger partial charge on any atom is -0.396 e. The van der Waals surface area contributed by atoms with E-state index in [2.05, 4.69) is 15.1 Å². The number of aromatic amines is 2. The molecule has 0 bridgehead atoms. The number of nitrogens with zero attached hydrogens (tertiary/aromatic N) is 5. The van der Waals surface area contributed by atoms with Gasteiger partial charge in [-0.2, -0.15) is 5.10 Å². The maximum Gasteiger partial charge on any atom is 0.330 e. The van der Waals surface area contributed by atoms with Crippen molar-refractivity contribution >= 4 is 28.4 Å². The van der Waals surface area contributed by atoms with E-state index < -0.39 is 17.2 Å². The van der Waals surface area contributed by atoms with Crippen LogP contribution in [-0.2, 0) is 20.0 Å². The normalized spacial score (nSPS) is 13.9. The van der Waals surface area contributed by atoms with Gasteiger partial charge in [-0.05, 0) is 54.5 Å². The third-order valence-electron chi connectivity index (χ3n) is 7.55. The quantitative estimate of drug-likeness (QED) is 0.268. The second kappa shape index (κ2) is 10.2. The van der Waals surface area contributed by atoms with Gasteiger partial charge in [-0.1, -0.05) is 30.3 Å². The lowest BCUT2D eigenvalue weighted by molar-refractivity contribution is 0.0988. The van der Waals surface area contributed by atoms with Crippen molar-refractivity contribution in [3.05, 3.63) is 104 Å². The van der Waals surface area contributed by atoms with Gasteiger partial charge in [0.2, 0.25) is 0 Å². The molecule has 0 radical (unpaired) electrons. The van der Waals surface area contributed by atoms with Crippen molar-refractivity contribution in [1.82, 2.24) is 29.3 Å². The Balaban J connectivity index is 1.39. The van der Waals surface area contributed by atoms with E-state index in [4.69, 9.17) is 10.7 Å². The molecule has 41 heavy (non-hydrogen) atoms. The highest BCUT2D eigenvalue weighted by Gasteiger charge is 2.27. The summed E-state index contributed by atoms with van der Waals surface area (Å²) in [6.45, 7) is 0.476. The van der Waals surface area contributed by atoms with Crippen LogP contribution in [0.15, 0.2) is 64.3 Å². The molecule has 0 spiro atoms. The molecule has 12 heteroatoms. The van der Waals surface area contributed by atoms with Gasteiger partial charge in [-0.25, -0.2) is 14.2 Å². The van der Waals surface area contributed by atoms with Crippen LogP contribution in [0, 0.1) is 11.7 Å². The number of nitrogens with two attached hydrogens (primary N) is 1. The number of fused-ring (bicyclic) bond motifs is 1. The SMILES string of the molecule is CN(C(=O)c1nn(C)cc1N)c1ccc(C(Cc2ccccc2F)c2nc3c([nH]2)c(=O)[nH]c(=O)n3CC2CC2)cc1. The number of rotatable bonds is 8. The van der Waals surface area contributed by atoms with E-state index in [1.807, 2.05) is 12.1 Å². The number of benzene rings is 2. The Morgan fingerprint density at radius 1 is 1.15 bits per heavy atom. The minimum absolute atomic E-state index is 0.154. The molecule has 6 rings (SSSR count). The molecule has 1 fully saturated rings. The van der Waals surface area contributed by atoms with Gasteiger partial charge in [0, 0.05) is 38.4 Å². The Hall–Kier alpha value is -5.00. The molecule has 1 atom stereocenters. The van der Waals surface area contributed by atoms with Gasteiger partial charge in [0.15, 0.2) is 11.3 Å². The zero-order chi connectivity index (χ0) is 28.8. The Kier molecular flexibility index (Phi) is 6.52. The van der Waals surface area contributed by atoms with E-state index >= 15 is 0 Å². The number of hydrogen-bond acceptors (Lipinski definition) is 6. The van der Waals surface area contributed by atoms with Crippen molar-refractivity contribution in [2.24, 2.45) is 13.0 Å². The summed E-state index contributed by atoms with van der Waals surface area (Å²) in [7, 11) is 3.32. The topological polar surface area (TPSA) is 148 Å². The van der Waals surface area contributed by atoms with E-state index in [9.17, 15) is 18.8 Å². The number of nitrogen functional groups attached to an aromatic ring is 1. The van der Waals surface area contributed by atoms with Gasteiger partial charge in [0.05, 0.1) is 5.69 Å². The zero-order valence-electron chi connectivity index (χ0n) is 22.6. The largest absolute Gasteiger partial charge is 0.396 e. The molecule has 11 nitrogen and oxygen atoms in total. The van der Waals surface area contributed by atoms with Crippen molar-refractivity contribution in [1.29, 1.82) is 0 Å². The molecule has 2 aromatic carbocycles. The minimum atomic E-state index is -0.551. The monoisotopic (exact) mass is 556 g/mol. The number of hydrogen-bond donors (Lipinski definition) is 3. The van der Waals surface area contributed by atoms with Crippen molar-refractivity contribution in [3.8, 4) is 0 Å². The van der Waals surface area contributed by atoms with Crippen LogP contribution in [0.5, 0.6) is 0 Å². The van der Waals surface area contributed by atoms with Crippen molar-refractivity contribution in [2.75, 3.05) is 17.7 Å². The predicted molar refractivity (Wildman–Crippen MR) is 152 cm³/mol. The van der Waals surface area contributed by atoms with Crippen molar-refractivity contribution < 1.29 is 9.18 Å². The van der Waals surface area contributed by atoms with Crippen LogP contribution in [0.2, 0.25) is 0 Å². The Morgan fingerprint density at radius 3 is 2.54 bits per heavy atom. The summed E-state index contributed by atoms with van der Waals surface area (Å²) in [5, 5.41) is 4.16. The summed E-state index contributed by atoms with van der Waals surface area (Å²) in [6.07, 6.45) is 3.86. The van der Waals surface area contributed by atoms with E-state index in [-0.39, 0.29) is 40.7 Å². The highest BCUT2D eigenvalue weighted by molar-refractivity contribution is 6.07. The molecule has 1 saturated carbocycles. The van der Waals surface area contributed by atoms with Crippen LogP contribution >= 0.6 is 0 Å². The number of aryl methyl sites for hydroxylation is 1. The first-order valence-corrected chi connectivity index (χ1v) is 13.3. The van der Waals surface area contributed by atoms with Crippen LogP contribution < -0.4 is 21.9 Å². The lowest BCUT2D eigenvalue weighted by Gasteiger charge is -2.19. The summed E-state index contributed by atoms with van der Waals surface area (Å²) < 4.78 is 17.8. The number of anilines is 2. The molecule has 210 valence electrons. The molecule has 1 aliphatic carbocycles. The first-order chi connectivity index (χ1) is 19.7. The Morgan fingerprint density at radius 2 is 1.88 bits per heavy atom. The molecule has 1 aliphatic rings. The maximum absolute atomic E-state index is 14.8. The number of imidazole rings is 1. The third kappa shape index (κ3) is 5.04. The second-order valence-electron chi connectivity index (χ2n) is 10.5. The highest BCUT2D eigenvalue weighted by atomic mass is 19.1. The number of carbonyl (C=O) groups excluding carboxylic acids is 1. The van der Waals surface area contributed by atoms with Gasteiger partial charge in [0.1, 0.15) is 17.2 Å². The smallest absolute Gasteiger partial charge is 0.330 e. The van der Waals surface area contributed by atoms with Crippen LogP contribution in [0.25, 0.3) is 11.2 Å². The average Bonchev–Trinajstić information content (AvgIpc) is 3.56. The first kappa shape index (κ1) is 26.2. The van der Waals surface area contributed by atoms with Crippen LogP contribution in [-0.4, -0.2) is 42.3 Å². The van der Waals surface area contributed by atoms with Crippen LogP contribution in [0.3, 0.4) is 0 Å². The molecule has 5 aromatic rings. The predicted octanol–water partition coefficient (Wildman–Crippen LogP) is 2.93. The number of nitrogens with one attached hydrogen (secondary N) is 2. The summed E-state index contributed by atoms with van der Waals surface area (Å²) in [5.41, 5.74) is 7.68. The fraction of sp³-hybridized carbons (Fsp3) is 0.276. The molecule has 1 amide bonds. The number of amides is 1. The third-order valence-corrected chi connectivity index (χ3v) is 7.55. The highest BCUT2D eigenvalue weighted by Crippen LogP contribution is 2.32.